The van der Waals surface area contributed by atoms with Crippen molar-refractivity contribution in [2.24, 2.45) is 0 Å². The van der Waals surface area contributed by atoms with Gasteiger partial charge in [0, 0.05) is 7.05 Å². The Kier molecular flexibility index (Phi) is 4.14. The number of sulfonamides is 1. The molecule has 0 bridgehead atoms. The predicted octanol–water partition coefficient (Wildman–Crippen LogP) is 3.64. The predicted molar refractivity (Wildman–Crippen MR) is 82.6 cm³/mol. The summed E-state index contributed by atoms with van der Waals surface area (Å²) < 4.78 is 26.4. The summed E-state index contributed by atoms with van der Waals surface area (Å²) in [6.45, 7) is 4.17. The van der Waals surface area contributed by atoms with Gasteiger partial charge in [-0.15, -0.1) is 0 Å². The molecule has 0 atom stereocenters. The lowest BCUT2D eigenvalue weighted by molar-refractivity contribution is 0.594. The Hall–Kier alpha value is -1.81. The van der Waals surface area contributed by atoms with Crippen molar-refractivity contribution in [2.75, 3.05) is 11.4 Å². The molecular formula is C16H19NO2S. The average Bonchev–Trinajstić information content (AvgIpc) is 2.47. The molecule has 0 aliphatic rings. The van der Waals surface area contributed by atoms with Gasteiger partial charge in [0.25, 0.3) is 10.0 Å². The van der Waals surface area contributed by atoms with Crippen molar-refractivity contribution in [3.63, 3.8) is 0 Å². The van der Waals surface area contributed by atoms with Gasteiger partial charge in [0.2, 0.25) is 0 Å². The largest absolute Gasteiger partial charge is 0.269 e. The zero-order valence-electron chi connectivity index (χ0n) is 11.9. The van der Waals surface area contributed by atoms with E-state index in [-0.39, 0.29) is 0 Å². The minimum atomic E-state index is -3.50. The summed E-state index contributed by atoms with van der Waals surface area (Å²) >= 11 is 0. The van der Waals surface area contributed by atoms with E-state index in [2.05, 4.69) is 13.8 Å². The summed E-state index contributed by atoms with van der Waals surface area (Å²) in [7, 11) is -1.93. The van der Waals surface area contributed by atoms with E-state index < -0.39 is 10.0 Å². The van der Waals surface area contributed by atoms with Crippen molar-refractivity contribution < 1.29 is 8.42 Å². The second-order valence-corrected chi connectivity index (χ2v) is 7.00. The van der Waals surface area contributed by atoms with Crippen molar-refractivity contribution in [3.05, 3.63) is 60.2 Å². The molecule has 2 aromatic rings. The van der Waals surface area contributed by atoms with E-state index in [1.807, 2.05) is 30.3 Å². The van der Waals surface area contributed by atoms with Crippen molar-refractivity contribution in [3.8, 4) is 0 Å². The van der Waals surface area contributed by atoms with Gasteiger partial charge in [-0.25, -0.2) is 8.42 Å². The Morgan fingerprint density at radius 2 is 1.45 bits per heavy atom. The topological polar surface area (TPSA) is 37.4 Å². The van der Waals surface area contributed by atoms with E-state index in [1.165, 1.54) is 4.31 Å². The first-order valence-electron chi connectivity index (χ1n) is 6.57. The summed E-state index contributed by atoms with van der Waals surface area (Å²) in [5, 5.41) is 0. The van der Waals surface area contributed by atoms with Crippen LogP contribution in [0.2, 0.25) is 0 Å². The number of hydrogen-bond donors (Lipinski definition) is 0. The highest BCUT2D eigenvalue weighted by atomic mass is 32.2. The van der Waals surface area contributed by atoms with Crippen molar-refractivity contribution >= 4 is 15.7 Å². The second kappa shape index (κ2) is 5.67. The highest BCUT2D eigenvalue weighted by Gasteiger charge is 2.20. The molecule has 0 spiro atoms. The summed E-state index contributed by atoms with van der Waals surface area (Å²) in [6, 6.07) is 16.1. The van der Waals surface area contributed by atoms with Gasteiger partial charge in [0.05, 0.1) is 10.6 Å². The maximum atomic E-state index is 12.5. The Labute approximate surface area is 120 Å². The lowest BCUT2D eigenvalue weighted by Crippen LogP contribution is -2.26. The second-order valence-electron chi connectivity index (χ2n) is 5.03. The van der Waals surface area contributed by atoms with E-state index >= 15 is 0 Å². The third kappa shape index (κ3) is 2.85. The van der Waals surface area contributed by atoms with Crippen LogP contribution in [-0.2, 0) is 10.0 Å². The van der Waals surface area contributed by atoms with E-state index in [0.717, 1.165) is 5.56 Å². The maximum absolute atomic E-state index is 12.5. The monoisotopic (exact) mass is 289 g/mol. The van der Waals surface area contributed by atoms with Gasteiger partial charge in [-0.2, -0.15) is 0 Å². The van der Waals surface area contributed by atoms with E-state index in [1.54, 1.807) is 31.3 Å². The molecule has 106 valence electrons. The maximum Gasteiger partial charge on any atom is 0.264 e. The van der Waals surface area contributed by atoms with Crippen LogP contribution in [0.25, 0.3) is 0 Å². The van der Waals surface area contributed by atoms with E-state index in [4.69, 9.17) is 0 Å². The highest BCUT2D eigenvalue weighted by Crippen LogP contribution is 2.23. The van der Waals surface area contributed by atoms with Gasteiger partial charge >= 0.3 is 0 Å². The van der Waals surface area contributed by atoms with Crippen LogP contribution in [0, 0.1) is 0 Å². The summed E-state index contributed by atoms with van der Waals surface area (Å²) in [5.74, 6) is 0.388. The normalized spacial score (nSPS) is 11.6. The smallest absolute Gasteiger partial charge is 0.264 e. The minimum absolute atomic E-state index is 0.313. The first-order valence-corrected chi connectivity index (χ1v) is 8.01. The molecule has 3 nitrogen and oxygen atoms in total. The minimum Gasteiger partial charge on any atom is -0.269 e. The molecule has 0 heterocycles. The number of hydrogen-bond acceptors (Lipinski definition) is 2. The van der Waals surface area contributed by atoms with Crippen LogP contribution in [0.3, 0.4) is 0 Å². The molecule has 0 saturated carbocycles. The molecule has 0 radical (unpaired) electrons. The number of benzene rings is 2. The van der Waals surface area contributed by atoms with Gasteiger partial charge in [0.15, 0.2) is 0 Å². The standard InChI is InChI=1S/C16H19NO2S/c1-13(2)14-9-11-16(12-10-14)20(18,19)17(3)15-7-5-4-6-8-15/h4-13H,1-3H3. The molecular weight excluding hydrogens is 270 g/mol. The number of nitrogens with zero attached hydrogens (tertiary/aromatic N) is 1. The molecule has 0 N–H and O–H groups in total. The fourth-order valence-electron chi connectivity index (χ4n) is 1.96. The fourth-order valence-corrected chi connectivity index (χ4v) is 3.16. The first kappa shape index (κ1) is 14.6. The number of anilines is 1. The number of para-hydroxylation sites is 1. The number of rotatable bonds is 4. The zero-order valence-corrected chi connectivity index (χ0v) is 12.8. The van der Waals surface area contributed by atoms with Gasteiger partial charge in [-0.05, 0) is 35.7 Å². The van der Waals surface area contributed by atoms with E-state index in [0.29, 0.717) is 16.5 Å². The van der Waals surface area contributed by atoms with Crippen LogP contribution in [0.15, 0.2) is 59.5 Å². The molecule has 2 rings (SSSR count). The lowest BCUT2D eigenvalue weighted by Gasteiger charge is -2.19. The molecule has 0 saturated heterocycles. The highest BCUT2D eigenvalue weighted by molar-refractivity contribution is 7.92. The first-order chi connectivity index (χ1) is 9.43. The summed E-state index contributed by atoms with van der Waals surface area (Å²) in [5.41, 5.74) is 1.78. The zero-order chi connectivity index (χ0) is 14.8. The molecule has 0 aliphatic carbocycles. The molecule has 0 unspecified atom stereocenters. The molecule has 0 fully saturated rings. The molecule has 0 amide bonds. The van der Waals surface area contributed by atoms with Gasteiger partial charge in [-0.1, -0.05) is 44.2 Å². The Bertz CT molecular complexity index is 661. The Morgan fingerprint density at radius 1 is 0.900 bits per heavy atom. The quantitative estimate of drug-likeness (QED) is 0.862. The molecule has 0 aromatic heterocycles. The summed E-state index contributed by atoms with van der Waals surface area (Å²) in [4.78, 5) is 0.313. The van der Waals surface area contributed by atoms with Crippen LogP contribution in [0.5, 0.6) is 0 Å². The Morgan fingerprint density at radius 3 is 1.95 bits per heavy atom. The van der Waals surface area contributed by atoms with Crippen LogP contribution in [-0.4, -0.2) is 15.5 Å². The van der Waals surface area contributed by atoms with Gasteiger partial charge < -0.3 is 0 Å². The van der Waals surface area contributed by atoms with Crippen LogP contribution >= 0.6 is 0 Å². The molecule has 4 heteroatoms. The summed E-state index contributed by atoms with van der Waals surface area (Å²) in [6.07, 6.45) is 0. The van der Waals surface area contributed by atoms with E-state index in [9.17, 15) is 8.42 Å². The third-order valence-electron chi connectivity index (χ3n) is 3.32. The SMILES string of the molecule is CC(C)c1ccc(S(=O)(=O)N(C)c2ccccc2)cc1. The van der Waals surface area contributed by atoms with Gasteiger partial charge in [-0.3, -0.25) is 4.31 Å². The van der Waals surface area contributed by atoms with Crippen LogP contribution in [0.1, 0.15) is 25.3 Å². The molecule has 20 heavy (non-hydrogen) atoms. The average molecular weight is 289 g/mol. The molecule has 0 aliphatic heterocycles. The molecule has 2 aromatic carbocycles. The Balaban J connectivity index is 2.35. The van der Waals surface area contributed by atoms with Crippen molar-refractivity contribution in [2.45, 2.75) is 24.7 Å². The van der Waals surface area contributed by atoms with Gasteiger partial charge in [0.1, 0.15) is 0 Å². The van der Waals surface area contributed by atoms with Crippen LogP contribution < -0.4 is 4.31 Å². The van der Waals surface area contributed by atoms with Crippen molar-refractivity contribution in [1.29, 1.82) is 0 Å². The van der Waals surface area contributed by atoms with Crippen molar-refractivity contribution in [1.82, 2.24) is 0 Å². The third-order valence-corrected chi connectivity index (χ3v) is 5.12. The fraction of sp³-hybridized carbons (Fsp3) is 0.250. The lowest BCUT2D eigenvalue weighted by atomic mass is 10.0. The van der Waals surface area contributed by atoms with Crippen LogP contribution in [0.4, 0.5) is 5.69 Å².